The first-order chi connectivity index (χ1) is 6.83. The fraction of sp³-hybridized carbons (Fsp3) is 0.714. The molecule has 0 bridgehead atoms. The Hall–Kier alpha value is -0.520. The van der Waals surface area contributed by atoms with Gasteiger partial charge in [0.05, 0.1) is 0 Å². The second-order valence-corrected chi connectivity index (χ2v) is 4.54. The zero-order valence-electron chi connectivity index (χ0n) is 9.76. The molecule has 0 heteroatoms. The van der Waals surface area contributed by atoms with Crippen LogP contribution < -0.4 is 0 Å². The van der Waals surface area contributed by atoms with Crippen molar-refractivity contribution < 1.29 is 0 Å². The van der Waals surface area contributed by atoms with Gasteiger partial charge in [0.25, 0.3) is 0 Å². The van der Waals surface area contributed by atoms with Gasteiger partial charge in [-0.3, -0.25) is 0 Å². The van der Waals surface area contributed by atoms with E-state index in [4.69, 9.17) is 0 Å². The Kier molecular flexibility index (Phi) is 5.66. The van der Waals surface area contributed by atoms with Crippen molar-refractivity contribution >= 4 is 0 Å². The molecule has 0 aromatic carbocycles. The molecule has 0 amide bonds. The van der Waals surface area contributed by atoms with Crippen molar-refractivity contribution in [3.05, 3.63) is 23.8 Å². The summed E-state index contributed by atoms with van der Waals surface area (Å²) in [5.41, 5.74) is 1.57. The SMILES string of the molecule is CCCCC(C)CCC1=CCCC=C1. The summed E-state index contributed by atoms with van der Waals surface area (Å²) < 4.78 is 0. The van der Waals surface area contributed by atoms with Crippen LogP contribution in [-0.4, -0.2) is 0 Å². The van der Waals surface area contributed by atoms with Gasteiger partial charge in [-0.2, -0.15) is 0 Å². The number of hydrogen-bond acceptors (Lipinski definition) is 0. The third-order valence-corrected chi connectivity index (χ3v) is 3.05. The Morgan fingerprint density at radius 1 is 1.29 bits per heavy atom. The zero-order chi connectivity index (χ0) is 10.2. The number of allylic oxidation sites excluding steroid dienone is 4. The third kappa shape index (κ3) is 4.64. The summed E-state index contributed by atoms with van der Waals surface area (Å²) in [6, 6.07) is 0. The minimum atomic E-state index is 0.908. The van der Waals surface area contributed by atoms with Crippen molar-refractivity contribution in [2.75, 3.05) is 0 Å². The summed E-state index contributed by atoms with van der Waals surface area (Å²) in [7, 11) is 0. The first-order valence-electron chi connectivity index (χ1n) is 6.18. The van der Waals surface area contributed by atoms with E-state index in [-0.39, 0.29) is 0 Å². The third-order valence-electron chi connectivity index (χ3n) is 3.05. The van der Waals surface area contributed by atoms with Crippen LogP contribution in [0.5, 0.6) is 0 Å². The van der Waals surface area contributed by atoms with E-state index in [1.807, 2.05) is 0 Å². The van der Waals surface area contributed by atoms with Crippen LogP contribution in [0.2, 0.25) is 0 Å². The first-order valence-corrected chi connectivity index (χ1v) is 6.18. The van der Waals surface area contributed by atoms with Crippen molar-refractivity contribution in [3.8, 4) is 0 Å². The second kappa shape index (κ2) is 6.86. The summed E-state index contributed by atoms with van der Waals surface area (Å²) in [5, 5.41) is 0. The summed E-state index contributed by atoms with van der Waals surface area (Å²) in [4.78, 5) is 0. The number of rotatable bonds is 6. The van der Waals surface area contributed by atoms with E-state index in [1.54, 1.807) is 5.57 Å². The minimum absolute atomic E-state index is 0.908. The van der Waals surface area contributed by atoms with Crippen LogP contribution in [0.25, 0.3) is 0 Å². The van der Waals surface area contributed by atoms with Gasteiger partial charge < -0.3 is 0 Å². The maximum atomic E-state index is 2.41. The lowest BCUT2D eigenvalue weighted by molar-refractivity contribution is 0.472. The van der Waals surface area contributed by atoms with Gasteiger partial charge in [0.2, 0.25) is 0 Å². The van der Waals surface area contributed by atoms with Gasteiger partial charge in [0.15, 0.2) is 0 Å². The zero-order valence-corrected chi connectivity index (χ0v) is 9.76. The van der Waals surface area contributed by atoms with Crippen LogP contribution in [0.3, 0.4) is 0 Å². The van der Waals surface area contributed by atoms with Gasteiger partial charge in [-0.1, -0.05) is 56.9 Å². The number of hydrogen-bond donors (Lipinski definition) is 0. The highest BCUT2D eigenvalue weighted by atomic mass is 14.1. The maximum absolute atomic E-state index is 2.41. The van der Waals surface area contributed by atoms with E-state index in [0.717, 1.165) is 5.92 Å². The average Bonchev–Trinajstić information content (AvgIpc) is 2.25. The quantitative estimate of drug-likeness (QED) is 0.563. The molecule has 80 valence electrons. The van der Waals surface area contributed by atoms with Gasteiger partial charge in [-0.25, -0.2) is 0 Å². The molecule has 1 atom stereocenters. The Bertz CT molecular complexity index is 198. The lowest BCUT2D eigenvalue weighted by Gasteiger charge is -2.12. The molecule has 1 aliphatic rings. The molecule has 1 rings (SSSR count). The maximum Gasteiger partial charge on any atom is -0.0280 e. The highest BCUT2D eigenvalue weighted by Crippen LogP contribution is 2.20. The van der Waals surface area contributed by atoms with Crippen molar-refractivity contribution in [2.45, 2.75) is 58.8 Å². The molecule has 0 aliphatic heterocycles. The molecule has 0 N–H and O–H groups in total. The minimum Gasteiger partial charge on any atom is -0.0840 e. The monoisotopic (exact) mass is 192 g/mol. The average molecular weight is 192 g/mol. The molecule has 0 saturated heterocycles. The molecule has 0 aromatic heterocycles. The van der Waals surface area contributed by atoms with E-state index in [2.05, 4.69) is 32.1 Å². The van der Waals surface area contributed by atoms with E-state index >= 15 is 0 Å². The smallest absolute Gasteiger partial charge is 0.0280 e. The normalized spacial score (nSPS) is 18.0. The molecule has 0 nitrogen and oxygen atoms in total. The Labute approximate surface area is 89.1 Å². The van der Waals surface area contributed by atoms with Crippen LogP contribution in [0.1, 0.15) is 58.8 Å². The van der Waals surface area contributed by atoms with Crippen LogP contribution >= 0.6 is 0 Å². The summed E-state index contributed by atoms with van der Waals surface area (Å²) in [5.74, 6) is 0.908. The molecule has 0 saturated carbocycles. The van der Waals surface area contributed by atoms with Gasteiger partial charge in [0.1, 0.15) is 0 Å². The molecule has 0 aromatic rings. The van der Waals surface area contributed by atoms with E-state index < -0.39 is 0 Å². The van der Waals surface area contributed by atoms with Crippen molar-refractivity contribution in [2.24, 2.45) is 5.92 Å². The number of unbranched alkanes of at least 4 members (excludes halogenated alkanes) is 1. The fourth-order valence-electron chi connectivity index (χ4n) is 1.96. The van der Waals surface area contributed by atoms with Crippen LogP contribution in [0.4, 0.5) is 0 Å². The molecule has 1 aliphatic carbocycles. The van der Waals surface area contributed by atoms with E-state index in [1.165, 1.54) is 44.9 Å². The summed E-state index contributed by atoms with van der Waals surface area (Å²) in [6.45, 7) is 4.67. The largest absolute Gasteiger partial charge is 0.0840 e. The van der Waals surface area contributed by atoms with Crippen LogP contribution in [0.15, 0.2) is 23.8 Å². The second-order valence-electron chi connectivity index (χ2n) is 4.54. The molecule has 1 unspecified atom stereocenters. The predicted octanol–water partition coefficient (Wildman–Crippen LogP) is 4.87. The first kappa shape index (κ1) is 11.6. The molecule has 0 spiro atoms. The Morgan fingerprint density at radius 3 is 2.79 bits per heavy atom. The van der Waals surface area contributed by atoms with Crippen molar-refractivity contribution in [3.63, 3.8) is 0 Å². The van der Waals surface area contributed by atoms with Gasteiger partial charge in [-0.15, -0.1) is 0 Å². The molecule has 0 fully saturated rings. The molecule has 0 heterocycles. The van der Waals surface area contributed by atoms with Crippen molar-refractivity contribution in [1.82, 2.24) is 0 Å². The molecule has 14 heavy (non-hydrogen) atoms. The van der Waals surface area contributed by atoms with Crippen LogP contribution in [-0.2, 0) is 0 Å². The van der Waals surface area contributed by atoms with Crippen molar-refractivity contribution in [1.29, 1.82) is 0 Å². The summed E-state index contributed by atoms with van der Waals surface area (Å²) in [6.07, 6.45) is 16.4. The predicted molar refractivity (Wildman–Crippen MR) is 64.4 cm³/mol. The van der Waals surface area contributed by atoms with E-state index in [9.17, 15) is 0 Å². The standard InChI is InChI=1S/C14H24/c1-3-4-8-13(2)11-12-14-9-6-5-7-10-14/h6,9-10,13H,3-5,7-8,11-12H2,1-2H3. The summed E-state index contributed by atoms with van der Waals surface area (Å²) >= 11 is 0. The lowest BCUT2D eigenvalue weighted by atomic mass is 9.94. The molecular weight excluding hydrogens is 168 g/mol. The Morgan fingerprint density at radius 2 is 2.14 bits per heavy atom. The molecule has 0 radical (unpaired) electrons. The van der Waals surface area contributed by atoms with Gasteiger partial charge >= 0.3 is 0 Å². The fourth-order valence-corrected chi connectivity index (χ4v) is 1.96. The van der Waals surface area contributed by atoms with Gasteiger partial charge in [0, 0.05) is 0 Å². The molecular formula is C14H24. The highest BCUT2D eigenvalue weighted by Gasteiger charge is 2.03. The van der Waals surface area contributed by atoms with Gasteiger partial charge in [-0.05, 0) is 31.6 Å². The lowest BCUT2D eigenvalue weighted by Crippen LogP contribution is -1.96. The Balaban J connectivity index is 2.13. The van der Waals surface area contributed by atoms with Crippen LogP contribution in [0, 0.1) is 5.92 Å². The van der Waals surface area contributed by atoms with E-state index in [0.29, 0.717) is 0 Å². The topological polar surface area (TPSA) is 0 Å². The highest BCUT2D eigenvalue weighted by molar-refractivity contribution is 5.21.